The lowest BCUT2D eigenvalue weighted by Gasteiger charge is -2.48. The molecule has 0 aliphatic carbocycles. The summed E-state index contributed by atoms with van der Waals surface area (Å²) in [6, 6.07) is 10.5. The minimum Gasteiger partial charge on any atom is -0.493 e. The molecule has 0 aromatic heterocycles. The van der Waals surface area contributed by atoms with E-state index < -0.39 is 5.72 Å². The second-order valence-electron chi connectivity index (χ2n) is 6.29. The molecular formula is C20H19NO5. The number of methoxy groups -OCH3 is 3. The summed E-state index contributed by atoms with van der Waals surface area (Å²) in [4.78, 5) is 28.1. The lowest BCUT2D eigenvalue weighted by molar-refractivity contribution is -0.0998. The smallest absolute Gasteiger partial charge is 0.257 e. The fraction of sp³-hybridized carbons (Fsp3) is 0.300. The summed E-state index contributed by atoms with van der Waals surface area (Å²) < 4.78 is 16.6. The molecule has 2 aromatic carbocycles. The molecule has 0 bridgehead atoms. The summed E-state index contributed by atoms with van der Waals surface area (Å²) in [5.41, 5.74) is 0.823. The van der Waals surface area contributed by atoms with Crippen molar-refractivity contribution in [3.05, 3.63) is 58.7 Å². The Balaban J connectivity index is 2.01. The number of nitrogens with zero attached hydrogens (tertiary/aromatic N) is 1. The maximum Gasteiger partial charge on any atom is 0.257 e. The number of fused-ring (bicyclic) bond motifs is 4. The van der Waals surface area contributed by atoms with Crippen LogP contribution in [0.25, 0.3) is 0 Å². The zero-order chi connectivity index (χ0) is 18.5. The quantitative estimate of drug-likeness (QED) is 0.848. The predicted octanol–water partition coefficient (Wildman–Crippen LogP) is 2.40. The van der Waals surface area contributed by atoms with Gasteiger partial charge in [0.1, 0.15) is 0 Å². The molecule has 1 unspecified atom stereocenters. The van der Waals surface area contributed by atoms with Gasteiger partial charge in [-0.15, -0.1) is 0 Å². The number of carbonyl (C=O) groups is 2. The molecule has 2 aliphatic heterocycles. The van der Waals surface area contributed by atoms with E-state index in [1.54, 1.807) is 37.4 Å². The van der Waals surface area contributed by atoms with Gasteiger partial charge in [-0.25, -0.2) is 0 Å². The highest BCUT2D eigenvalue weighted by atomic mass is 16.5. The lowest BCUT2D eigenvalue weighted by atomic mass is 9.79. The second kappa shape index (κ2) is 5.85. The summed E-state index contributed by atoms with van der Waals surface area (Å²) in [5, 5.41) is 0. The summed E-state index contributed by atoms with van der Waals surface area (Å²) in [6.07, 6.45) is 0.599. The molecule has 2 aliphatic rings. The van der Waals surface area contributed by atoms with E-state index in [-0.39, 0.29) is 11.7 Å². The lowest BCUT2D eigenvalue weighted by Crippen LogP contribution is -2.62. The Hall–Kier alpha value is -2.86. The Morgan fingerprint density at radius 3 is 2.27 bits per heavy atom. The molecular weight excluding hydrogens is 334 g/mol. The van der Waals surface area contributed by atoms with E-state index in [1.807, 2.05) is 6.07 Å². The molecule has 2 heterocycles. The molecule has 4 rings (SSSR count). The van der Waals surface area contributed by atoms with E-state index in [9.17, 15) is 9.59 Å². The van der Waals surface area contributed by atoms with Crippen LogP contribution in [-0.4, -0.2) is 44.5 Å². The minimum atomic E-state index is -1.49. The maximum atomic E-state index is 13.5. The summed E-state index contributed by atoms with van der Waals surface area (Å²) in [5.74, 6) is 0.621. The zero-order valence-corrected chi connectivity index (χ0v) is 14.9. The molecule has 0 saturated heterocycles. The number of hydrogen-bond donors (Lipinski definition) is 0. The fourth-order valence-electron chi connectivity index (χ4n) is 3.98. The van der Waals surface area contributed by atoms with Crippen LogP contribution in [0.15, 0.2) is 36.4 Å². The molecule has 6 heteroatoms. The van der Waals surface area contributed by atoms with Gasteiger partial charge in [0, 0.05) is 24.8 Å². The number of Topliss-reactive ketones (excluding diaryl/α,β-unsaturated/α-hetero) is 1. The van der Waals surface area contributed by atoms with Gasteiger partial charge in [-0.2, -0.15) is 0 Å². The number of benzene rings is 2. The number of hydrogen-bond acceptors (Lipinski definition) is 5. The molecule has 134 valence electrons. The Labute approximate surface area is 151 Å². The maximum absolute atomic E-state index is 13.5. The summed E-state index contributed by atoms with van der Waals surface area (Å²) >= 11 is 0. The van der Waals surface area contributed by atoms with Gasteiger partial charge in [0.15, 0.2) is 11.5 Å². The molecule has 1 amide bonds. The monoisotopic (exact) mass is 353 g/mol. The number of ketones is 1. The Bertz CT molecular complexity index is 922. The predicted molar refractivity (Wildman–Crippen MR) is 93.7 cm³/mol. The Morgan fingerprint density at radius 1 is 0.962 bits per heavy atom. The molecule has 0 saturated carbocycles. The average molecular weight is 353 g/mol. The van der Waals surface area contributed by atoms with Gasteiger partial charge < -0.3 is 14.2 Å². The van der Waals surface area contributed by atoms with Crippen LogP contribution >= 0.6 is 0 Å². The van der Waals surface area contributed by atoms with Gasteiger partial charge in [0.2, 0.25) is 11.5 Å². The molecule has 0 spiro atoms. The van der Waals surface area contributed by atoms with Crippen molar-refractivity contribution in [1.29, 1.82) is 0 Å². The summed E-state index contributed by atoms with van der Waals surface area (Å²) in [7, 11) is 4.56. The minimum absolute atomic E-state index is 0.206. The Morgan fingerprint density at radius 2 is 1.62 bits per heavy atom. The van der Waals surface area contributed by atoms with Crippen LogP contribution in [0.1, 0.15) is 31.8 Å². The van der Waals surface area contributed by atoms with Crippen molar-refractivity contribution in [2.75, 3.05) is 27.9 Å². The third-order valence-electron chi connectivity index (χ3n) is 5.21. The highest BCUT2D eigenvalue weighted by molar-refractivity contribution is 6.17. The van der Waals surface area contributed by atoms with E-state index in [0.29, 0.717) is 41.2 Å². The van der Waals surface area contributed by atoms with Crippen molar-refractivity contribution in [1.82, 2.24) is 4.90 Å². The van der Waals surface area contributed by atoms with Crippen molar-refractivity contribution in [3.63, 3.8) is 0 Å². The van der Waals surface area contributed by atoms with Gasteiger partial charge in [0.05, 0.1) is 19.8 Å². The van der Waals surface area contributed by atoms with Crippen LogP contribution in [0.5, 0.6) is 11.5 Å². The van der Waals surface area contributed by atoms with Crippen LogP contribution in [0, 0.1) is 0 Å². The topological polar surface area (TPSA) is 65.1 Å². The highest BCUT2D eigenvalue weighted by Gasteiger charge is 2.56. The molecule has 2 aromatic rings. The number of rotatable bonds is 3. The van der Waals surface area contributed by atoms with Crippen LogP contribution in [0.3, 0.4) is 0 Å². The SMILES string of the molecule is COc1cc2c(cc1OC)C1(OC)C(=O)c3ccccc3C(=O)N1CC2. The zero-order valence-electron chi connectivity index (χ0n) is 14.9. The fourth-order valence-corrected chi connectivity index (χ4v) is 3.98. The third kappa shape index (κ3) is 1.96. The molecule has 26 heavy (non-hydrogen) atoms. The van der Waals surface area contributed by atoms with Crippen LogP contribution in [-0.2, 0) is 16.9 Å². The number of carbonyl (C=O) groups excluding carboxylic acids is 2. The third-order valence-corrected chi connectivity index (χ3v) is 5.21. The van der Waals surface area contributed by atoms with E-state index in [4.69, 9.17) is 14.2 Å². The molecule has 0 fully saturated rings. The van der Waals surface area contributed by atoms with Gasteiger partial charge in [-0.1, -0.05) is 18.2 Å². The standard InChI is InChI=1S/C20H19NO5/c1-24-16-10-12-8-9-21-19(23)14-7-5-4-6-13(14)18(22)20(21,26-3)15(12)11-17(16)25-2/h4-7,10-11H,8-9H2,1-3H3. The molecule has 0 N–H and O–H groups in total. The molecule has 0 radical (unpaired) electrons. The highest BCUT2D eigenvalue weighted by Crippen LogP contribution is 2.46. The average Bonchev–Trinajstić information content (AvgIpc) is 2.70. The van der Waals surface area contributed by atoms with Crippen molar-refractivity contribution < 1.29 is 23.8 Å². The Kier molecular flexibility index (Phi) is 3.73. The van der Waals surface area contributed by atoms with E-state index >= 15 is 0 Å². The first-order chi connectivity index (χ1) is 12.6. The summed E-state index contributed by atoms with van der Waals surface area (Å²) in [6.45, 7) is 0.384. The molecule has 1 atom stereocenters. The van der Waals surface area contributed by atoms with Crippen molar-refractivity contribution in [3.8, 4) is 11.5 Å². The van der Waals surface area contributed by atoms with Crippen LogP contribution in [0.4, 0.5) is 0 Å². The first-order valence-corrected chi connectivity index (χ1v) is 8.34. The van der Waals surface area contributed by atoms with E-state index in [0.717, 1.165) is 5.56 Å². The first kappa shape index (κ1) is 16.6. The first-order valence-electron chi connectivity index (χ1n) is 8.34. The van der Waals surface area contributed by atoms with Gasteiger partial charge >= 0.3 is 0 Å². The van der Waals surface area contributed by atoms with Crippen molar-refractivity contribution in [2.24, 2.45) is 0 Å². The normalized spacial score (nSPS) is 21.0. The van der Waals surface area contributed by atoms with E-state index in [1.165, 1.54) is 19.1 Å². The van der Waals surface area contributed by atoms with Crippen molar-refractivity contribution >= 4 is 11.7 Å². The largest absolute Gasteiger partial charge is 0.493 e. The number of ether oxygens (including phenoxy) is 3. The van der Waals surface area contributed by atoms with Crippen molar-refractivity contribution in [2.45, 2.75) is 12.1 Å². The van der Waals surface area contributed by atoms with Crippen LogP contribution < -0.4 is 9.47 Å². The van der Waals surface area contributed by atoms with Gasteiger partial charge in [-0.05, 0) is 30.2 Å². The van der Waals surface area contributed by atoms with Gasteiger partial charge in [-0.3, -0.25) is 14.5 Å². The van der Waals surface area contributed by atoms with Crippen LogP contribution in [0.2, 0.25) is 0 Å². The van der Waals surface area contributed by atoms with E-state index in [2.05, 4.69) is 0 Å². The number of amides is 1. The second-order valence-corrected chi connectivity index (χ2v) is 6.29. The van der Waals surface area contributed by atoms with Gasteiger partial charge in [0.25, 0.3) is 5.91 Å². The molecule has 6 nitrogen and oxygen atoms in total.